The first-order valence-electron chi connectivity index (χ1n) is 8.41. The van der Waals surface area contributed by atoms with Crippen LogP contribution in [-0.2, 0) is 10.0 Å². The van der Waals surface area contributed by atoms with Gasteiger partial charge >= 0.3 is 0 Å². The van der Waals surface area contributed by atoms with Crippen LogP contribution >= 0.6 is 0 Å². The van der Waals surface area contributed by atoms with Gasteiger partial charge in [0.1, 0.15) is 5.69 Å². The molecule has 1 aromatic carbocycles. The van der Waals surface area contributed by atoms with Gasteiger partial charge in [-0.25, -0.2) is 8.42 Å². The summed E-state index contributed by atoms with van der Waals surface area (Å²) in [7, 11) is -3.36. The van der Waals surface area contributed by atoms with E-state index < -0.39 is 10.0 Å². The van der Waals surface area contributed by atoms with Gasteiger partial charge in [-0.3, -0.25) is 19.3 Å². The van der Waals surface area contributed by atoms with Crippen molar-refractivity contribution in [3.63, 3.8) is 0 Å². The summed E-state index contributed by atoms with van der Waals surface area (Å²) in [6.45, 7) is 1.74. The molecule has 1 aliphatic rings. The van der Waals surface area contributed by atoms with Crippen molar-refractivity contribution in [3.05, 3.63) is 59.9 Å². The molecule has 2 aromatic rings. The second-order valence-electron chi connectivity index (χ2n) is 6.25. The molecule has 1 saturated heterocycles. The summed E-state index contributed by atoms with van der Waals surface area (Å²) < 4.78 is 24.8. The van der Waals surface area contributed by atoms with Gasteiger partial charge in [0.25, 0.3) is 11.8 Å². The number of carbonyl (C=O) groups excluding carboxylic acids is 2. The molecule has 0 spiro atoms. The number of hydrogen-bond acceptors (Lipinski definition) is 5. The maximum Gasteiger partial charge on any atom is 0.272 e. The predicted octanol–water partition coefficient (Wildman–Crippen LogP) is 1.05. The average molecular weight is 388 g/mol. The van der Waals surface area contributed by atoms with E-state index in [-0.39, 0.29) is 11.8 Å². The number of anilines is 1. The number of sulfonamides is 1. The minimum Gasteiger partial charge on any atom is -0.335 e. The standard InChI is InChI=1S/C18H20N4O4S/c1-27(25,26)20-15-7-5-14(6-8-15)17(23)21-10-12-22(13-11-21)18(24)16-4-2-3-9-19-16/h2-9,20H,10-13H2,1H3. The fourth-order valence-corrected chi connectivity index (χ4v) is 3.41. The Kier molecular flexibility index (Phi) is 5.41. The molecule has 1 aliphatic heterocycles. The van der Waals surface area contributed by atoms with E-state index >= 15 is 0 Å². The topological polar surface area (TPSA) is 99.7 Å². The Balaban J connectivity index is 1.59. The SMILES string of the molecule is CS(=O)(=O)Nc1ccc(C(=O)N2CCN(C(=O)c3ccccn3)CC2)cc1. The summed E-state index contributed by atoms with van der Waals surface area (Å²) in [6.07, 6.45) is 2.65. The molecule has 8 nitrogen and oxygen atoms in total. The lowest BCUT2D eigenvalue weighted by atomic mass is 10.1. The number of amides is 2. The fraction of sp³-hybridized carbons (Fsp3) is 0.278. The highest BCUT2D eigenvalue weighted by molar-refractivity contribution is 7.92. The fourth-order valence-electron chi connectivity index (χ4n) is 2.84. The van der Waals surface area contributed by atoms with Crippen LogP contribution < -0.4 is 4.72 Å². The number of nitrogens with zero attached hydrogens (tertiary/aromatic N) is 3. The summed E-state index contributed by atoms with van der Waals surface area (Å²) in [6, 6.07) is 11.5. The van der Waals surface area contributed by atoms with E-state index in [1.54, 1.807) is 58.5 Å². The predicted molar refractivity (Wildman–Crippen MR) is 101 cm³/mol. The number of hydrogen-bond donors (Lipinski definition) is 1. The van der Waals surface area contributed by atoms with Crippen molar-refractivity contribution in [3.8, 4) is 0 Å². The van der Waals surface area contributed by atoms with Crippen LogP contribution in [0.2, 0.25) is 0 Å². The van der Waals surface area contributed by atoms with Gasteiger partial charge in [0.05, 0.1) is 6.26 Å². The molecule has 1 aromatic heterocycles. The molecule has 0 radical (unpaired) electrons. The molecule has 1 N–H and O–H groups in total. The van der Waals surface area contributed by atoms with Crippen molar-refractivity contribution in [2.75, 3.05) is 37.2 Å². The maximum atomic E-state index is 12.6. The summed E-state index contributed by atoms with van der Waals surface area (Å²) in [4.78, 5) is 32.5. The number of benzene rings is 1. The van der Waals surface area contributed by atoms with Gasteiger partial charge in [0, 0.05) is 43.6 Å². The van der Waals surface area contributed by atoms with E-state index in [2.05, 4.69) is 9.71 Å². The molecule has 0 bridgehead atoms. The van der Waals surface area contributed by atoms with Crippen molar-refractivity contribution < 1.29 is 18.0 Å². The van der Waals surface area contributed by atoms with Crippen LogP contribution in [0.3, 0.4) is 0 Å². The highest BCUT2D eigenvalue weighted by atomic mass is 32.2. The third-order valence-electron chi connectivity index (χ3n) is 4.17. The molecule has 9 heteroatoms. The molecular formula is C18H20N4O4S. The van der Waals surface area contributed by atoms with Gasteiger partial charge in [-0.1, -0.05) is 6.07 Å². The Hall–Kier alpha value is -2.94. The van der Waals surface area contributed by atoms with E-state index in [1.807, 2.05) is 0 Å². The summed E-state index contributed by atoms with van der Waals surface area (Å²) in [5.74, 6) is -0.287. The van der Waals surface area contributed by atoms with Gasteiger partial charge in [0.15, 0.2) is 0 Å². The number of carbonyl (C=O) groups is 2. The molecule has 0 saturated carbocycles. The van der Waals surface area contributed by atoms with Crippen LogP contribution in [-0.4, -0.2) is 67.5 Å². The number of piperazine rings is 1. The van der Waals surface area contributed by atoms with Gasteiger partial charge in [-0.05, 0) is 36.4 Å². The number of nitrogens with one attached hydrogen (secondary N) is 1. The number of rotatable bonds is 4. The van der Waals surface area contributed by atoms with Crippen LogP contribution in [0.15, 0.2) is 48.7 Å². The van der Waals surface area contributed by atoms with E-state index in [9.17, 15) is 18.0 Å². The van der Waals surface area contributed by atoms with E-state index in [0.29, 0.717) is 43.1 Å². The van der Waals surface area contributed by atoms with Crippen LogP contribution in [0.4, 0.5) is 5.69 Å². The Bertz CT molecular complexity index is 922. The summed E-state index contributed by atoms with van der Waals surface area (Å²) in [5.41, 5.74) is 1.27. The van der Waals surface area contributed by atoms with E-state index in [1.165, 1.54) is 0 Å². The molecular weight excluding hydrogens is 368 g/mol. The van der Waals surface area contributed by atoms with Crippen molar-refractivity contribution in [1.82, 2.24) is 14.8 Å². The average Bonchev–Trinajstić information content (AvgIpc) is 2.67. The third-order valence-corrected chi connectivity index (χ3v) is 4.78. The first-order valence-corrected chi connectivity index (χ1v) is 10.3. The van der Waals surface area contributed by atoms with Crippen LogP contribution in [0.5, 0.6) is 0 Å². The van der Waals surface area contributed by atoms with E-state index in [0.717, 1.165) is 6.26 Å². The zero-order valence-electron chi connectivity index (χ0n) is 14.8. The second-order valence-corrected chi connectivity index (χ2v) is 8.00. The first-order chi connectivity index (χ1) is 12.8. The molecule has 2 amide bonds. The zero-order chi connectivity index (χ0) is 19.4. The molecule has 142 valence electrons. The van der Waals surface area contributed by atoms with Crippen molar-refractivity contribution in [1.29, 1.82) is 0 Å². The molecule has 2 heterocycles. The van der Waals surface area contributed by atoms with Gasteiger partial charge in [0.2, 0.25) is 10.0 Å². The van der Waals surface area contributed by atoms with Crippen molar-refractivity contribution >= 4 is 27.5 Å². The quantitative estimate of drug-likeness (QED) is 0.844. The van der Waals surface area contributed by atoms with Crippen LogP contribution in [0.1, 0.15) is 20.8 Å². The van der Waals surface area contributed by atoms with Crippen molar-refractivity contribution in [2.45, 2.75) is 0 Å². The monoisotopic (exact) mass is 388 g/mol. The van der Waals surface area contributed by atoms with Gasteiger partial charge < -0.3 is 9.80 Å². The maximum absolute atomic E-state index is 12.6. The molecule has 3 rings (SSSR count). The van der Waals surface area contributed by atoms with E-state index in [4.69, 9.17) is 0 Å². The molecule has 0 atom stereocenters. The van der Waals surface area contributed by atoms with Crippen molar-refractivity contribution in [2.24, 2.45) is 0 Å². The number of aromatic nitrogens is 1. The molecule has 1 fully saturated rings. The lowest BCUT2D eigenvalue weighted by Crippen LogP contribution is -2.50. The highest BCUT2D eigenvalue weighted by Crippen LogP contribution is 2.14. The third kappa shape index (κ3) is 4.82. The Morgan fingerprint density at radius 3 is 2.04 bits per heavy atom. The van der Waals surface area contributed by atoms with Gasteiger partial charge in [-0.2, -0.15) is 0 Å². The van der Waals surface area contributed by atoms with Gasteiger partial charge in [-0.15, -0.1) is 0 Å². The Morgan fingerprint density at radius 2 is 1.52 bits per heavy atom. The smallest absolute Gasteiger partial charge is 0.272 e. The summed E-state index contributed by atoms with van der Waals surface area (Å²) >= 11 is 0. The lowest BCUT2D eigenvalue weighted by molar-refractivity contribution is 0.0532. The molecule has 0 unspecified atom stereocenters. The highest BCUT2D eigenvalue weighted by Gasteiger charge is 2.26. The molecule has 0 aliphatic carbocycles. The van der Waals surface area contributed by atoms with Crippen LogP contribution in [0, 0.1) is 0 Å². The zero-order valence-corrected chi connectivity index (χ0v) is 15.6. The Labute approximate surface area is 157 Å². The minimum absolute atomic E-state index is 0.140. The summed E-state index contributed by atoms with van der Waals surface area (Å²) in [5, 5.41) is 0. The second kappa shape index (κ2) is 7.75. The lowest BCUT2D eigenvalue weighted by Gasteiger charge is -2.34. The largest absolute Gasteiger partial charge is 0.335 e. The normalized spacial score (nSPS) is 14.7. The minimum atomic E-state index is -3.36. The number of pyridine rings is 1. The Morgan fingerprint density at radius 1 is 0.926 bits per heavy atom. The molecule has 27 heavy (non-hydrogen) atoms. The first kappa shape index (κ1) is 18.8. The van der Waals surface area contributed by atoms with Crippen LogP contribution in [0.25, 0.3) is 0 Å².